The van der Waals surface area contributed by atoms with E-state index in [2.05, 4.69) is 44.0 Å². The average Bonchev–Trinajstić information content (AvgIpc) is 2.62. The molecule has 3 aromatic rings. The highest BCUT2D eigenvalue weighted by Gasteiger charge is 2.16. The van der Waals surface area contributed by atoms with Crippen molar-refractivity contribution in [2.45, 2.75) is 26.2 Å². The Balaban J connectivity index is 2.16. The molecule has 0 aliphatic carbocycles. The number of nitrogen functional groups attached to an aromatic ring is 1. The molecule has 0 aliphatic heterocycles. The Morgan fingerprint density at radius 3 is 2.11 bits per heavy atom. The minimum absolute atomic E-state index is 0.0546. The van der Waals surface area contributed by atoms with E-state index in [-0.39, 0.29) is 11.2 Å². The average molecular weight is 396 g/mol. The SMILES string of the molecule is CC(C)(C)c1ccc(-c2cc(-c3ccc(Cl)c(Cl)c3)nc(N)c2C#N)cc1. The second-order valence-corrected chi connectivity index (χ2v) is 8.20. The molecule has 0 unspecified atom stereocenters. The lowest BCUT2D eigenvalue weighted by Crippen LogP contribution is -2.10. The molecule has 0 aliphatic rings. The van der Waals surface area contributed by atoms with Crippen LogP contribution in [0, 0.1) is 11.3 Å². The Morgan fingerprint density at radius 1 is 0.926 bits per heavy atom. The number of rotatable bonds is 2. The number of anilines is 1. The van der Waals surface area contributed by atoms with Gasteiger partial charge in [-0.3, -0.25) is 0 Å². The van der Waals surface area contributed by atoms with E-state index >= 15 is 0 Å². The van der Waals surface area contributed by atoms with E-state index in [9.17, 15) is 5.26 Å². The second-order valence-electron chi connectivity index (χ2n) is 7.38. The van der Waals surface area contributed by atoms with Crippen molar-refractivity contribution >= 4 is 29.0 Å². The third-order valence-corrected chi connectivity index (χ3v) is 5.18. The summed E-state index contributed by atoms with van der Waals surface area (Å²) in [7, 11) is 0. The van der Waals surface area contributed by atoms with Gasteiger partial charge in [-0.15, -0.1) is 0 Å². The Hall–Kier alpha value is -2.54. The van der Waals surface area contributed by atoms with E-state index in [1.54, 1.807) is 12.1 Å². The van der Waals surface area contributed by atoms with E-state index in [1.165, 1.54) is 5.56 Å². The largest absolute Gasteiger partial charge is 0.383 e. The molecule has 2 aromatic carbocycles. The predicted octanol–water partition coefficient (Wildman–Crippen LogP) is 6.47. The van der Waals surface area contributed by atoms with Crippen molar-refractivity contribution in [1.82, 2.24) is 4.98 Å². The van der Waals surface area contributed by atoms with Gasteiger partial charge in [-0.2, -0.15) is 5.26 Å². The highest BCUT2D eigenvalue weighted by atomic mass is 35.5. The molecule has 1 aromatic heterocycles. The van der Waals surface area contributed by atoms with Gasteiger partial charge in [-0.1, -0.05) is 74.3 Å². The molecular formula is C22H19Cl2N3. The Labute approximate surface area is 169 Å². The number of hydrogen-bond donors (Lipinski definition) is 1. The summed E-state index contributed by atoms with van der Waals surface area (Å²) in [5.41, 5.74) is 10.8. The van der Waals surface area contributed by atoms with Gasteiger partial charge in [0.05, 0.1) is 15.7 Å². The van der Waals surface area contributed by atoms with Crippen LogP contribution in [0.2, 0.25) is 10.0 Å². The minimum atomic E-state index is 0.0546. The third kappa shape index (κ3) is 3.93. The minimum Gasteiger partial charge on any atom is -0.383 e. The van der Waals surface area contributed by atoms with E-state index < -0.39 is 0 Å². The van der Waals surface area contributed by atoms with E-state index in [0.717, 1.165) is 16.7 Å². The van der Waals surface area contributed by atoms with E-state index in [4.69, 9.17) is 28.9 Å². The van der Waals surface area contributed by atoms with Crippen LogP contribution in [0.3, 0.4) is 0 Å². The van der Waals surface area contributed by atoms with Crippen LogP contribution < -0.4 is 5.73 Å². The molecule has 0 atom stereocenters. The zero-order valence-corrected chi connectivity index (χ0v) is 16.9. The summed E-state index contributed by atoms with van der Waals surface area (Å²) in [6.45, 7) is 6.49. The van der Waals surface area contributed by atoms with E-state index in [0.29, 0.717) is 21.3 Å². The fourth-order valence-electron chi connectivity index (χ4n) is 2.86. The highest BCUT2D eigenvalue weighted by molar-refractivity contribution is 6.42. The summed E-state index contributed by atoms with van der Waals surface area (Å²) in [4.78, 5) is 4.38. The zero-order chi connectivity index (χ0) is 19.8. The molecule has 3 nitrogen and oxygen atoms in total. The molecule has 0 spiro atoms. The number of nitrogens with zero attached hydrogens (tertiary/aromatic N) is 2. The molecule has 0 saturated heterocycles. The molecule has 0 saturated carbocycles. The fourth-order valence-corrected chi connectivity index (χ4v) is 3.16. The van der Waals surface area contributed by atoms with Crippen molar-refractivity contribution in [3.8, 4) is 28.5 Å². The highest BCUT2D eigenvalue weighted by Crippen LogP contribution is 2.34. The number of halogens is 2. The summed E-state index contributed by atoms with van der Waals surface area (Å²) in [5.74, 6) is 0.191. The first-order valence-electron chi connectivity index (χ1n) is 8.47. The first-order valence-corrected chi connectivity index (χ1v) is 9.23. The van der Waals surface area contributed by atoms with Crippen LogP contribution in [-0.4, -0.2) is 4.98 Å². The van der Waals surface area contributed by atoms with E-state index in [1.807, 2.05) is 24.3 Å². The number of pyridine rings is 1. The quantitative estimate of drug-likeness (QED) is 0.540. The molecule has 2 N–H and O–H groups in total. The van der Waals surface area contributed by atoms with Gasteiger partial charge in [0.1, 0.15) is 17.5 Å². The monoisotopic (exact) mass is 395 g/mol. The van der Waals surface area contributed by atoms with Gasteiger partial charge in [0.2, 0.25) is 0 Å². The van der Waals surface area contributed by atoms with Gasteiger partial charge >= 0.3 is 0 Å². The van der Waals surface area contributed by atoms with Gasteiger partial charge < -0.3 is 5.73 Å². The lowest BCUT2D eigenvalue weighted by Gasteiger charge is -2.19. The van der Waals surface area contributed by atoms with Crippen LogP contribution in [-0.2, 0) is 5.41 Å². The van der Waals surface area contributed by atoms with Crippen LogP contribution in [0.1, 0.15) is 31.9 Å². The fraction of sp³-hybridized carbons (Fsp3) is 0.182. The van der Waals surface area contributed by atoms with Crippen molar-refractivity contribution in [2.24, 2.45) is 0 Å². The zero-order valence-electron chi connectivity index (χ0n) is 15.3. The maximum atomic E-state index is 9.58. The van der Waals surface area contributed by atoms with Crippen molar-refractivity contribution < 1.29 is 0 Å². The van der Waals surface area contributed by atoms with Gasteiger partial charge in [0.25, 0.3) is 0 Å². The number of aromatic nitrogens is 1. The van der Waals surface area contributed by atoms with Gasteiger partial charge in [0.15, 0.2) is 0 Å². The van der Waals surface area contributed by atoms with Crippen LogP contribution >= 0.6 is 23.2 Å². The molecule has 5 heteroatoms. The van der Waals surface area contributed by atoms with Crippen molar-refractivity contribution in [1.29, 1.82) is 5.26 Å². The van der Waals surface area contributed by atoms with Crippen LogP contribution in [0.15, 0.2) is 48.5 Å². The molecule has 0 radical (unpaired) electrons. The lowest BCUT2D eigenvalue weighted by atomic mass is 9.86. The predicted molar refractivity (Wildman–Crippen MR) is 113 cm³/mol. The van der Waals surface area contributed by atoms with Gasteiger partial charge in [-0.25, -0.2) is 4.98 Å². The molecule has 0 amide bonds. The molecule has 0 bridgehead atoms. The summed E-state index contributed by atoms with van der Waals surface area (Å²) in [6, 6.07) is 17.5. The van der Waals surface area contributed by atoms with Crippen molar-refractivity contribution in [3.05, 3.63) is 69.7 Å². The number of nitrogens with two attached hydrogens (primary N) is 1. The van der Waals surface area contributed by atoms with Gasteiger partial charge in [0, 0.05) is 11.1 Å². The second kappa shape index (κ2) is 7.23. The normalized spacial score (nSPS) is 11.3. The molecule has 0 fully saturated rings. The summed E-state index contributed by atoms with van der Waals surface area (Å²) in [6.07, 6.45) is 0. The topological polar surface area (TPSA) is 62.7 Å². The summed E-state index contributed by atoms with van der Waals surface area (Å²) < 4.78 is 0. The maximum Gasteiger partial charge on any atom is 0.142 e. The van der Waals surface area contributed by atoms with Crippen LogP contribution in [0.4, 0.5) is 5.82 Å². The van der Waals surface area contributed by atoms with Crippen molar-refractivity contribution in [3.63, 3.8) is 0 Å². The molecule has 136 valence electrons. The first kappa shape index (κ1) is 19.2. The first-order chi connectivity index (χ1) is 12.7. The molecular weight excluding hydrogens is 377 g/mol. The number of hydrogen-bond acceptors (Lipinski definition) is 3. The summed E-state index contributed by atoms with van der Waals surface area (Å²) in [5, 5.41) is 10.5. The summed E-state index contributed by atoms with van der Waals surface area (Å²) >= 11 is 12.1. The Bertz CT molecular complexity index is 1040. The maximum absolute atomic E-state index is 9.58. The van der Waals surface area contributed by atoms with Crippen molar-refractivity contribution in [2.75, 3.05) is 5.73 Å². The molecule has 27 heavy (non-hydrogen) atoms. The lowest BCUT2D eigenvalue weighted by molar-refractivity contribution is 0.590. The molecule has 1 heterocycles. The Kier molecular flexibility index (Phi) is 5.15. The van der Waals surface area contributed by atoms with Gasteiger partial charge in [-0.05, 0) is 34.7 Å². The number of nitriles is 1. The van der Waals surface area contributed by atoms with Crippen LogP contribution in [0.5, 0.6) is 0 Å². The van der Waals surface area contributed by atoms with Crippen LogP contribution in [0.25, 0.3) is 22.4 Å². The molecule has 3 rings (SSSR count). The third-order valence-electron chi connectivity index (χ3n) is 4.44. The number of benzene rings is 2. The standard InChI is InChI=1S/C22H19Cl2N3/c1-22(2,3)15-7-4-13(5-8-15)16-11-20(27-21(26)17(16)12-25)14-6-9-18(23)19(24)10-14/h4-11H,1-3H3,(H2,26,27). The Morgan fingerprint density at radius 2 is 1.56 bits per heavy atom. The smallest absolute Gasteiger partial charge is 0.142 e.